The van der Waals surface area contributed by atoms with E-state index in [9.17, 15) is 19.8 Å². The van der Waals surface area contributed by atoms with E-state index in [1.165, 1.54) is 6.92 Å². The van der Waals surface area contributed by atoms with E-state index in [-0.39, 0.29) is 51.5 Å². The minimum Gasteiger partial charge on any atom is -0.870 e. The lowest BCUT2D eigenvalue weighted by Gasteiger charge is -2.37. The smallest absolute Gasteiger partial charge is 0.336 e. The summed E-state index contributed by atoms with van der Waals surface area (Å²) >= 11 is 0. The summed E-state index contributed by atoms with van der Waals surface area (Å²) in [6.07, 6.45) is -1.07. The van der Waals surface area contributed by atoms with Gasteiger partial charge >= 0.3 is 5.90 Å². The molecule has 0 bridgehead atoms. The maximum Gasteiger partial charge on any atom is 0.336 e. The highest BCUT2D eigenvalue weighted by Gasteiger charge is 2.51. The van der Waals surface area contributed by atoms with Crippen LogP contribution < -0.4 is 25.0 Å². The molecule has 0 saturated heterocycles. The zero-order valence-corrected chi connectivity index (χ0v) is 28.0. The van der Waals surface area contributed by atoms with Gasteiger partial charge in [-0.15, -0.1) is 0 Å². The van der Waals surface area contributed by atoms with E-state index >= 15 is 0 Å². The van der Waals surface area contributed by atoms with Gasteiger partial charge in [-0.3, -0.25) is 9.59 Å². The molecule has 44 heavy (non-hydrogen) atoms. The van der Waals surface area contributed by atoms with E-state index in [1.807, 2.05) is 24.3 Å². The second-order valence-corrected chi connectivity index (χ2v) is 13.7. The highest BCUT2D eigenvalue weighted by atomic mass is 16.3. The molecule has 1 saturated carbocycles. The van der Waals surface area contributed by atoms with Crippen LogP contribution in [-0.4, -0.2) is 89.7 Å². The average Bonchev–Trinajstić information content (AvgIpc) is 3.20. The maximum atomic E-state index is 14.2. The maximum absolute atomic E-state index is 14.2. The molecule has 0 spiro atoms. The van der Waals surface area contributed by atoms with E-state index in [1.54, 1.807) is 30.5 Å². The third-order valence-electron chi connectivity index (χ3n) is 11.1. The van der Waals surface area contributed by atoms with Crippen LogP contribution in [0.3, 0.4) is 0 Å². The number of hydrogen-bond acceptors (Lipinski definition) is 6. The number of rotatable bonds is 3. The number of carbonyl (C=O) groups is 2. The molecule has 4 unspecified atom stereocenters. The molecule has 1 fully saturated rings. The SMILES string of the molecule is CC(=O)N(C)c1cc2c(cc1C1C(=O)C(=c3cc4c(cc3[N+](C)=C(C)O)=[N+](C)C(C)C4(C)C)C1O)C(C)(C)C(C)N2C.[OH-].[OH-]. The molecule has 0 aromatic heterocycles. The van der Waals surface area contributed by atoms with Crippen molar-refractivity contribution < 1.29 is 35.3 Å². The van der Waals surface area contributed by atoms with Crippen molar-refractivity contribution in [2.24, 2.45) is 0 Å². The van der Waals surface area contributed by atoms with Gasteiger partial charge in [0.05, 0.1) is 35.6 Å². The number of likely N-dealkylation sites (N-methyl/N-ethyl adjacent to an activating group) is 2. The van der Waals surface area contributed by atoms with Crippen molar-refractivity contribution in [3.8, 4) is 0 Å². The van der Waals surface area contributed by atoms with Gasteiger partial charge in [0, 0.05) is 55.0 Å². The zero-order valence-electron chi connectivity index (χ0n) is 28.0. The topological polar surface area (TPSA) is 147 Å². The normalized spacial score (nSPS) is 26.2. The number of Topliss-reactive ketones (excluding diaryl/α,β-unsaturated/α-hetero) is 1. The van der Waals surface area contributed by atoms with Crippen molar-refractivity contribution in [3.05, 3.63) is 51.5 Å². The molecule has 2 aromatic carbocycles. The van der Waals surface area contributed by atoms with Gasteiger partial charge in [-0.2, -0.15) is 4.58 Å². The first kappa shape index (κ1) is 34.9. The molecule has 0 radical (unpaired) electrons. The van der Waals surface area contributed by atoms with Crippen molar-refractivity contribution >= 4 is 40.2 Å². The summed E-state index contributed by atoms with van der Waals surface area (Å²) in [5.74, 6) is -1.03. The molecule has 4 N–H and O–H groups in total. The third kappa shape index (κ3) is 4.57. The van der Waals surface area contributed by atoms with Crippen LogP contribution >= 0.6 is 0 Å². The first-order valence-electron chi connectivity index (χ1n) is 14.8. The van der Waals surface area contributed by atoms with E-state index in [0.29, 0.717) is 27.7 Å². The van der Waals surface area contributed by atoms with Crippen LogP contribution in [0.2, 0.25) is 0 Å². The summed E-state index contributed by atoms with van der Waals surface area (Å²) in [6.45, 7) is 16.2. The van der Waals surface area contributed by atoms with Gasteiger partial charge in [0.15, 0.2) is 11.8 Å². The molecule has 4 atom stereocenters. The summed E-state index contributed by atoms with van der Waals surface area (Å²) < 4.78 is 3.88. The van der Waals surface area contributed by atoms with Crippen LogP contribution in [0.1, 0.15) is 78.0 Å². The van der Waals surface area contributed by atoms with Gasteiger partial charge in [-0.05, 0) is 51.0 Å². The van der Waals surface area contributed by atoms with E-state index < -0.39 is 12.0 Å². The van der Waals surface area contributed by atoms with Gasteiger partial charge in [0.1, 0.15) is 14.1 Å². The summed E-state index contributed by atoms with van der Waals surface area (Å²) in [7, 11) is 7.59. The lowest BCUT2D eigenvalue weighted by Crippen LogP contribution is -2.47. The molecule has 10 nitrogen and oxygen atoms in total. The average molecular weight is 609 g/mol. The number of anilines is 2. The Balaban J connectivity index is 0.00000264. The number of hydrogen-bond donors (Lipinski definition) is 2. The summed E-state index contributed by atoms with van der Waals surface area (Å²) in [5.41, 5.74) is 5.17. The molecule has 3 aliphatic rings. The number of aliphatic hydroxyl groups excluding tert-OH is 2. The van der Waals surface area contributed by atoms with Crippen molar-refractivity contribution in [2.45, 2.75) is 90.3 Å². The van der Waals surface area contributed by atoms with Gasteiger partial charge in [-0.1, -0.05) is 19.9 Å². The summed E-state index contributed by atoms with van der Waals surface area (Å²) in [4.78, 5) is 30.6. The number of nitrogens with zero attached hydrogens (tertiary/aromatic N) is 4. The van der Waals surface area contributed by atoms with E-state index in [0.717, 1.165) is 22.2 Å². The quantitative estimate of drug-likeness (QED) is 0.309. The second kappa shape index (κ2) is 11.1. The van der Waals surface area contributed by atoms with Crippen molar-refractivity contribution in [2.75, 3.05) is 38.0 Å². The van der Waals surface area contributed by atoms with Crippen LogP contribution in [0.5, 0.6) is 0 Å². The lowest BCUT2D eigenvalue weighted by molar-refractivity contribution is -0.416. The van der Waals surface area contributed by atoms with Crippen molar-refractivity contribution in [3.63, 3.8) is 0 Å². The number of benzene rings is 2. The van der Waals surface area contributed by atoms with Crippen molar-refractivity contribution in [1.82, 2.24) is 4.58 Å². The number of ketones is 1. The first-order chi connectivity index (χ1) is 19.3. The molecule has 2 heterocycles. The molecular weight excluding hydrogens is 560 g/mol. The van der Waals surface area contributed by atoms with Gasteiger partial charge in [0.25, 0.3) is 0 Å². The summed E-state index contributed by atoms with van der Waals surface area (Å²) in [5, 5.41) is 24.0. The second-order valence-electron chi connectivity index (χ2n) is 13.7. The zero-order chi connectivity index (χ0) is 31.4. The van der Waals surface area contributed by atoms with Crippen LogP contribution in [0, 0.1) is 0 Å². The molecule has 10 heteroatoms. The molecule has 2 aliphatic heterocycles. The Kier molecular flexibility index (Phi) is 8.79. The Labute approximate surface area is 259 Å². The minimum atomic E-state index is -1.07. The van der Waals surface area contributed by atoms with E-state index in [4.69, 9.17) is 0 Å². The number of fused-ring (bicyclic) bond motifs is 2. The number of carbonyl (C=O) groups excluding carboxylic acids is 2. The van der Waals surface area contributed by atoms with Crippen LogP contribution in [0.25, 0.3) is 5.57 Å². The van der Waals surface area contributed by atoms with E-state index in [2.05, 4.69) is 65.1 Å². The Morgan fingerprint density at radius 2 is 1.61 bits per heavy atom. The molecular formula is C34H48N4O6. The number of amides is 1. The van der Waals surface area contributed by atoms with Crippen LogP contribution in [-0.2, 0) is 20.4 Å². The van der Waals surface area contributed by atoms with Crippen LogP contribution in [0.15, 0.2) is 24.3 Å². The predicted octanol–water partition coefficient (Wildman–Crippen LogP) is 2.36. The Morgan fingerprint density at radius 3 is 2.14 bits per heavy atom. The van der Waals surface area contributed by atoms with Gasteiger partial charge in [0.2, 0.25) is 17.0 Å². The standard InChI is InChI=1S/C34H45N4O4.2H2O/c1-17-33(5,6)23-13-21(25(37(11)19(3)39)15-27(23)35(17)9)29-31(41)30(32(29)42)22-14-24-28(16-26(22)38(12)20(4)40)36(10)18(2)34(24,7)8;;/h13-18,29,31,41H,1-12H3;2*1H2/q+1;;/p-1. The Bertz CT molecular complexity index is 1720. The fourth-order valence-electron chi connectivity index (χ4n) is 7.13. The van der Waals surface area contributed by atoms with Gasteiger partial charge < -0.3 is 31.0 Å². The molecule has 1 aliphatic carbocycles. The van der Waals surface area contributed by atoms with Crippen molar-refractivity contribution in [1.29, 1.82) is 0 Å². The molecule has 1 amide bonds. The Morgan fingerprint density at radius 1 is 1.02 bits per heavy atom. The highest BCUT2D eigenvalue weighted by molar-refractivity contribution is 6.28. The fourth-order valence-corrected chi connectivity index (χ4v) is 7.13. The number of aliphatic hydroxyl groups is 2. The fraction of sp³-hybridized carbons (Fsp3) is 0.529. The first-order valence-corrected chi connectivity index (χ1v) is 14.8. The largest absolute Gasteiger partial charge is 0.870 e. The Hall–Kier alpha value is -3.60. The van der Waals surface area contributed by atoms with Gasteiger partial charge in [-0.25, -0.2) is 4.58 Å². The predicted molar refractivity (Wildman–Crippen MR) is 172 cm³/mol. The lowest BCUT2D eigenvalue weighted by atomic mass is 9.68. The summed E-state index contributed by atoms with van der Waals surface area (Å²) in [6, 6.07) is 8.51. The minimum absolute atomic E-state index is 0. The molecule has 2 aromatic rings. The monoisotopic (exact) mass is 608 g/mol. The third-order valence-corrected chi connectivity index (χ3v) is 11.1. The highest BCUT2D eigenvalue weighted by Crippen LogP contribution is 2.51. The molecule has 240 valence electrons. The molecule has 5 rings (SSSR count). The van der Waals surface area contributed by atoms with Crippen LogP contribution in [0.4, 0.5) is 17.1 Å².